The standard InChI is InChI=1S/C16H17NOS/c1-11-10-14-15(4-3-5-16(14)18)17(11)12-6-8-13(19-2)9-7-12/h6-10H,3-5H2,1-2H3. The first-order valence-corrected chi connectivity index (χ1v) is 7.82. The number of rotatable bonds is 2. The van der Waals surface area contributed by atoms with Crippen LogP contribution in [-0.4, -0.2) is 16.6 Å². The first kappa shape index (κ1) is 12.5. The molecule has 3 rings (SSSR count). The second kappa shape index (κ2) is 4.89. The molecule has 19 heavy (non-hydrogen) atoms. The molecule has 0 fully saturated rings. The molecule has 1 aliphatic carbocycles. The highest BCUT2D eigenvalue weighted by Gasteiger charge is 2.22. The lowest BCUT2D eigenvalue weighted by Crippen LogP contribution is -2.12. The third kappa shape index (κ3) is 2.12. The summed E-state index contributed by atoms with van der Waals surface area (Å²) in [6.45, 7) is 2.08. The Morgan fingerprint density at radius 2 is 1.89 bits per heavy atom. The average Bonchev–Trinajstić information content (AvgIpc) is 2.77. The van der Waals surface area contributed by atoms with Crippen molar-refractivity contribution >= 4 is 17.5 Å². The van der Waals surface area contributed by atoms with E-state index in [2.05, 4.69) is 42.0 Å². The van der Waals surface area contributed by atoms with Crippen molar-refractivity contribution in [1.82, 2.24) is 4.57 Å². The number of nitrogens with zero attached hydrogens (tertiary/aromatic N) is 1. The van der Waals surface area contributed by atoms with E-state index in [4.69, 9.17) is 0 Å². The van der Waals surface area contributed by atoms with E-state index in [1.807, 2.05) is 6.07 Å². The summed E-state index contributed by atoms with van der Waals surface area (Å²) in [4.78, 5) is 13.2. The van der Waals surface area contributed by atoms with Gasteiger partial charge < -0.3 is 4.57 Å². The predicted octanol–water partition coefficient (Wildman–Crippen LogP) is 4.03. The normalized spacial score (nSPS) is 14.5. The summed E-state index contributed by atoms with van der Waals surface area (Å²) < 4.78 is 2.23. The minimum Gasteiger partial charge on any atom is -0.317 e. The van der Waals surface area contributed by atoms with E-state index >= 15 is 0 Å². The van der Waals surface area contributed by atoms with Gasteiger partial charge in [-0.1, -0.05) is 0 Å². The number of carbonyl (C=O) groups is 1. The van der Waals surface area contributed by atoms with Gasteiger partial charge in [0.2, 0.25) is 0 Å². The van der Waals surface area contributed by atoms with Crippen LogP contribution in [0.4, 0.5) is 0 Å². The third-order valence-electron chi connectivity index (χ3n) is 3.74. The second-order valence-corrected chi connectivity index (χ2v) is 5.84. The van der Waals surface area contributed by atoms with Crippen molar-refractivity contribution in [3.63, 3.8) is 0 Å². The number of aryl methyl sites for hydroxylation is 1. The van der Waals surface area contributed by atoms with Gasteiger partial charge in [0, 0.05) is 34.0 Å². The maximum absolute atomic E-state index is 12.0. The number of thioether (sulfide) groups is 1. The lowest BCUT2D eigenvalue weighted by Gasteiger charge is -2.16. The first-order valence-electron chi connectivity index (χ1n) is 6.59. The Balaban J connectivity index is 2.11. The number of Topliss-reactive ketones (excluding diaryl/α,β-unsaturated/α-hetero) is 1. The number of carbonyl (C=O) groups excluding carboxylic acids is 1. The fourth-order valence-corrected chi connectivity index (χ4v) is 3.23. The largest absolute Gasteiger partial charge is 0.317 e. The van der Waals surface area contributed by atoms with Gasteiger partial charge in [0.1, 0.15) is 0 Å². The van der Waals surface area contributed by atoms with E-state index in [9.17, 15) is 4.79 Å². The van der Waals surface area contributed by atoms with Crippen molar-refractivity contribution < 1.29 is 4.79 Å². The molecule has 2 aromatic rings. The molecule has 1 heterocycles. The van der Waals surface area contributed by atoms with Gasteiger partial charge in [-0.05, 0) is 56.4 Å². The Kier molecular flexibility index (Phi) is 3.23. The van der Waals surface area contributed by atoms with E-state index in [-0.39, 0.29) is 0 Å². The second-order valence-electron chi connectivity index (χ2n) is 4.96. The van der Waals surface area contributed by atoms with Crippen LogP contribution in [0.3, 0.4) is 0 Å². The van der Waals surface area contributed by atoms with Crippen LogP contribution in [0.15, 0.2) is 35.2 Å². The molecule has 0 bridgehead atoms. The number of aromatic nitrogens is 1. The van der Waals surface area contributed by atoms with Crippen molar-refractivity contribution in [3.8, 4) is 5.69 Å². The molecular weight excluding hydrogens is 254 g/mol. The Morgan fingerprint density at radius 1 is 1.16 bits per heavy atom. The highest BCUT2D eigenvalue weighted by atomic mass is 32.2. The number of ketones is 1. The van der Waals surface area contributed by atoms with Crippen molar-refractivity contribution in [2.45, 2.75) is 31.1 Å². The zero-order chi connectivity index (χ0) is 13.4. The first-order chi connectivity index (χ1) is 9.20. The topological polar surface area (TPSA) is 22.0 Å². The lowest BCUT2D eigenvalue weighted by atomic mass is 9.96. The predicted molar refractivity (Wildman–Crippen MR) is 79.6 cm³/mol. The highest BCUT2D eigenvalue weighted by molar-refractivity contribution is 7.98. The third-order valence-corrected chi connectivity index (χ3v) is 4.48. The Morgan fingerprint density at radius 3 is 2.58 bits per heavy atom. The molecule has 98 valence electrons. The molecule has 0 spiro atoms. The van der Waals surface area contributed by atoms with Crippen LogP contribution < -0.4 is 0 Å². The minimum atomic E-state index is 0.295. The van der Waals surface area contributed by atoms with Crippen LogP contribution in [0.1, 0.15) is 34.6 Å². The molecule has 0 saturated carbocycles. The molecule has 1 aromatic heterocycles. The highest BCUT2D eigenvalue weighted by Crippen LogP contribution is 2.28. The molecule has 0 unspecified atom stereocenters. The molecule has 0 radical (unpaired) electrons. The van der Waals surface area contributed by atoms with Crippen LogP contribution in [0.25, 0.3) is 5.69 Å². The molecule has 1 aliphatic rings. The monoisotopic (exact) mass is 271 g/mol. The number of fused-ring (bicyclic) bond motifs is 1. The smallest absolute Gasteiger partial charge is 0.164 e. The summed E-state index contributed by atoms with van der Waals surface area (Å²) >= 11 is 1.74. The average molecular weight is 271 g/mol. The van der Waals surface area contributed by atoms with Crippen molar-refractivity contribution in [2.24, 2.45) is 0 Å². The lowest BCUT2D eigenvalue weighted by molar-refractivity contribution is 0.0972. The van der Waals surface area contributed by atoms with E-state index in [1.165, 1.54) is 10.6 Å². The Bertz CT molecular complexity index is 625. The van der Waals surface area contributed by atoms with Gasteiger partial charge in [0.15, 0.2) is 5.78 Å². The number of hydrogen-bond donors (Lipinski definition) is 0. The molecule has 2 nitrogen and oxygen atoms in total. The van der Waals surface area contributed by atoms with E-state index in [0.29, 0.717) is 12.2 Å². The molecule has 1 aromatic carbocycles. The molecular formula is C16H17NOS. The molecule has 3 heteroatoms. The summed E-state index contributed by atoms with van der Waals surface area (Å²) in [5.41, 5.74) is 4.42. The van der Waals surface area contributed by atoms with E-state index < -0.39 is 0 Å². The molecule has 0 aliphatic heterocycles. The fraction of sp³-hybridized carbons (Fsp3) is 0.312. The van der Waals surface area contributed by atoms with E-state index in [1.54, 1.807) is 11.8 Å². The van der Waals surface area contributed by atoms with Crippen molar-refractivity contribution in [2.75, 3.05) is 6.26 Å². The Hall–Kier alpha value is -1.48. The molecule has 0 atom stereocenters. The van der Waals surface area contributed by atoms with Gasteiger partial charge in [0.25, 0.3) is 0 Å². The van der Waals surface area contributed by atoms with Gasteiger partial charge in [-0.3, -0.25) is 4.79 Å². The summed E-state index contributed by atoms with van der Waals surface area (Å²) in [5.74, 6) is 0.295. The van der Waals surface area contributed by atoms with Crippen LogP contribution in [0, 0.1) is 6.92 Å². The summed E-state index contributed by atoms with van der Waals surface area (Å²) in [7, 11) is 0. The minimum absolute atomic E-state index is 0.295. The van der Waals surface area contributed by atoms with Gasteiger partial charge in [-0.15, -0.1) is 11.8 Å². The SMILES string of the molecule is CSc1ccc(-n2c(C)cc3c2CCCC3=O)cc1. The van der Waals surface area contributed by atoms with Crippen molar-refractivity contribution in [1.29, 1.82) is 0 Å². The summed E-state index contributed by atoms with van der Waals surface area (Å²) in [6.07, 6.45) is 4.75. The van der Waals surface area contributed by atoms with Gasteiger partial charge in [0.05, 0.1) is 0 Å². The quantitative estimate of drug-likeness (QED) is 0.769. The molecule has 0 amide bonds. The maximum Gasteiger partial charge on any atom is 0.164 e. The Labute approximate surface area is 117 Å². The van der Waals surface area contributed by atoms with Crippen LogP contribution in [0.5, 0.6) is 0 Å². The zero-order valence-electron chi connectivity index (χ0n) is 11.3. The van der Waals surface area contributed by atoms with Crippen LogP contribution >= 0.6 is 11.8 Å². The summed E-state index contributed by atoms with van der Waals surface area (Å²) in [6, 6.07) is 10.6. The maximum atomic E-state index is 12.0. The number of benzene rings is 1. The molecule has 0 saturated heterocycles. The number of hydrogen-bond acceptors (Lipinski definition) is 2. The van der Waals surface area contributed by atoms with Gasteiger partial charge in [-0.25, -0.2) is 0 Å². The van der Waals surface area contributed by atoms with E-state index in [0.717, 1.165) is 29.8 Å². The summed E-state index contributed by atoms with van der Waals surface area (Å²) in [5, 5.41) is 0. The van der Waals surface area contributed by atoms with Crippen molar-refractivity contribution in [3.05, 3.63) is 47.3 Å². The van der Waals surface area contributed by atoms with Gasteiger partial charge in [-0.2, -0.15) is 0 Å². The fourth-order valence-electron chi connectivity index (χ4n) is 2.82. The zero-order valence-corrected chi connectivity index (χ0v) is 12.1. The van der Waals surface area contributed by atoms with Crippen LogP contribution in [-0.2, 0) is 6.42 Å². The molecule has 0 N–H and O–H groups in total. The van der Waals surface area contributed by atoms with Crippen LogP contribution in [0.2, 0.25) is 0 Å². The van der Waals surface area contributed by atoms with Gasteiger partial charge >= 0.3 is 0 Å².